The molecule has 0 atom stereocenters. The van der Waals surface area contributed by atoms with Crippen molar-refractivity contribution in [3.63, 3.8) is 0 Å². The van der Waals surface area contributed by atoms with Gasteiger partial charge >= 0.3 is 5.97 Å². The number of hydrogen-bond donors (Lipinski definition) is 1. The van der Waals surface area contributed by atoms with E-state index in [0.717, 1.165) is 18.1 Å². The van der Waals surface area contributed by atoms with Crippen LogP contribution in [0.3, 0.4) is 0 Å². The first-order chi connectivity index (χ1) is 9.59. The lowest BCUT2D eigenvalue weighted by molar-refractivity contribution is 0.0692. The number of likely N-dealkylation sites (N-methyl/N-ethyl adjacent to an activating group) is 1. The summed E-state index contributed by atoms with van der Waals surface area (Å²) in [4.78, 5) is 16.8. The van der Waals surface area contributed by atoms with Gasteiger partial charge in [-0.05, 0) is 36.2 Å². The summed E-state index contributed by atoms with van der Waals surface area (Å²) in [6.45, 7) is 0.591. The van der Waals surface area contributed by atoms with E-state index in [1.165, 1.54) is 6.07 Å². The monoisotopic (exact) mass is 274 g/mol. The van der Waals surface area contributed by atoms with Crippen LogP contribution in [0.5, 0.6) is 0 Å². The fourth-order valence-corrected chi connectivity index (χ4v) is 2.01. The minimum absolute atomic E-state index is 0.287. The standard InChI is InChI=1S/C15H15FN2O2/c1-18(10-7-11-5-8-17-9-6-11)13-4-2-3-12(16)14(13)15(19)20/h2-6,8-9H,7,10H2,1H3,(H,19,20). The van der Waals surface area contributed by atoms with E-state index in [-0.39, 0.29) is 5.56 Å². The number of benzene rings is 1. The van der Waals surface area contributed by atoms with Crippen molar-refractivity contribution in [2.45, 2.75) is 6.42 Å². The molecule has 1 aromatic heterocycles. The van der Waals surface area contributed by atoms with Crippen LogP contribution in [-0.4, -0.2) is 29.7 Å². The van der Waals surface area contributed by atoms with Crippen molar-refractivity contribution < 1.29 is 14.3 Å². The van der Waals surface area contributed by atoms with Crippen LogP contribution in [0.2, 0.25) is 0 Å². The highest BCUT2D eigenvalue weighted by molar-refractivity contribution is 5.94. The van der Waals surface area contributed by atoms with Crippen molar-refractivity contribution in [3.8, 4) is 0 Å². The van der Waals surface area contributed by atoms with Crippen LogP contribution >= 0.6 is 0 Å². The summed E-state index contributed by atoms with van der Waals surface area (Å²) in [5.74, 6) is -1.97. The highest BCUT2D eigenvalue weighted by Gasteiger charge is 2.18. The quantitative estimate of drug-likeness (QED) is 0.910. The Balaban J connectivity index is 2.15. The molecule has 0 aliphatic carbocycles. The van der Waals surface area contributed by atoms with E-state index in [1.54, 1.807) is 30.4 Å². The first-order valence-electron chi connectivity index (χ1n) is 6.21. The van der Waals surface area contributed by atoms with Gasteiger partial charge in [0.1, 0.15) is 11.4 Å². The van der Waals surface area contributed by atoms with Gasteiger partial charge in [0.25, 0.3) is 0 Å². The second-order valence-electron chi connectivity index (χ2n) is 4.47. The molecule has 0 amide bonds. The molecule has 0 fully saturated rings. The Morgan fingerprint density at radius 2 is 2.00 bits per heavy atom. The predicted molar refractivity (Wildman–Crippen MR) is 74.6 cm³/mol. The Labute approximate surface area is 116 Å². The van der Waals surface area contributed by atoms with Gasteiger partial charge in [-0.3, -0.25) is 4.98 Å². The second kappa shape index (κ2) is 6.14. The largest absolute Gasteiger partial charge is 0.478 e. The lowest BCUT2D eigenvalue weighted by Crippen LogP contribution is -2.23. The van der Waals surface area contributed by atoms with Crippen molar-refractivity contribution in [1.29, 1.82) is 0 Å². The highest BCUT2D eigenvalue weighted by atomic mass is 19.1. The lowest BCUT2D eigenvalue weighted by Gasteiger charge is -2.21. The van der Waals surface area contributed by atoms with E-state index in [1.807, 2.05) is 12.1 Å². The van der Waals surface area contributed by atoms with Gasteiger partial charge < -0.3 is 10.0 Å². The third kappa shape index (κ3) is 3.12. The third-order valence-electron chi connectivity index (χ3n) is 3.10. The molecule has 20 heavy (non-hydrogen) atoms. The summed E-state index contributed by atoms with van der Waals surface area (Å²) in [7, 11) is 1.75. The van der Waals surface area contributed by atoms with Gasteiger partial charge in [0, 0.05) is 26.0 Å². The van der Waals surface area contributed by atoms with E-state index in [9.17, 15) is 9.18 Å². The number of halogens is 1. The van der Waals surface area contributed by atoms with Gasteiger partial charge in [0.2, 0.25) is 0 Å². The van der Waals surface area contributed by atoms with E-state index < -0.39 is 11.8 Å². The van der Waals surface area contributed by atoms with Crippen LogP contribution in [0, 0.1) is 5.82 Å². The normalized spacial score (nSPS) is 10.3. The molecule has 2 rings (SSSR count). The molecule has 0 bridgehead atoms. The number of nitrogens with zero attached hydrogens (tertiary/aromatic N) is 2. The zero-order chi connectivity index (χ0) is 14.5. The van der Waals surface area contributed by atoms with Crippen LogP contribution in [0.15, 0.2) is 42.7 Å². The van der Waals surface area contributed by atoms with Gasteiger partial charge in [-0.2, -0.15) is 0 Å². The Kier molecular flexibility index (Phi) is 4.30. The van der Waals surface area contributed by atoms with Crippen LogP contribution in [0.25, 0.3) is 0 Å². The maximum atomic E-state index is 13.6. The van der Waals surface area contributed by atoms with E-state index in [2.05, 4.69) is 4.98 Å². The summed E-state index contributed by atoms with van der Waals surface area (Å²) in [6.07, 6.45) is 4.15. The number of hydrogen-bond acceptors (Lipinski definition) is 3. The maximum absolute atomic E-state index is 13.6. The molecule has 0 unspecified atom stereocenters. The van der Waals surface area contributed by atoms with Gasteiger partial charge in [-0.1, -0.05) is 6.07 Å². The van der Waals surface area contributed by atoms with E-state index in [4.69, 9.17) is 5.11 Å². The van der Waals surface area contributed by atoms with Crippen molar-refractivity contribution in [1.82, 2.24) is 4.98 Å². The summed E-state index contributed by atoms with van der Waals surface area (Å²) in [5.41, 5.74) is 1.19. The SMILES string of the molecule is CN(CCc1ccncc1)c1cccc(F)c1C(=O)O. The molecule has 2 aromatic rings. The lowest BCUT2D eigenvalue weighted by atomic mass is 10.1. The molecule has 0 aliphatic rings. The second-order valence-corrected chi connectivity index (χ2v) is 4.47. The smallest absolute Gasteiger partial charge is 0.340 e. The molecular weight excluding hydrogens is 259 g/mol. The Morgan fingerprint density at radius 1 is 1.30 bits per heavy atom. The van der Waals surface area contributed by atoms with Crippen molar-refractivity contribution in [2.24, 2.45) is 0 Å². The van der Waals surface area contributed by atoms with Crippen LogP contribution in [0.4, 0.5) is 10.1 Å². The van der Waals surface area contributed by atoms with Crippen LogP contribution in [-0.2, 0) is 6.42 Å². The zero-order valence-electron chi connectivity index (χ0n) is 11.1. The third-order valence-corrected chi connectivity index (χ3v) is 3.10. The van der Waals surface area contributed by atoms with Gasteiger partial charge in [-0.15, -0.1) is 0 Å². The Bertz CT molecular complexity index is 602. The number of anilines is 1. The molecule has 0 spiro atoms. The minimum atomic E-state index is -1.26. The van der Waals surface area contributed by atoms with E-state index in [0.29, 0.717) is 12.2 Å². The topological polar surface area (TPSA) is 53.4 Å². The molecule has 4 nitrogen and oxygen atoms in total. The molecular formula is C15H15FN2O2. The zero-order valence-corrected chi connectivity index (χ0v) is 11.1. The molecule has 0 saturated heterocycles. The molecule has 0 radical (unpaired) electrons. The number of rotatable bonds is 5. The number of carboxylic acid groups (broad SMARTS) is 1. The predicted octanol–water partition coefficient (Wildman–Crippen LogP) is 2.60. The van der Waals surface area contributed by atoms with Gasteiger partial charge in [-0.25, -0.2) is 9.18 Å². The van der Waals surface area contributed by atoms with Crippen molar-refractivity contribution in [2.75, 3.05) is 18.5 Å². The number of carboxylic acids is 1. The molecule has 1 aromatic carbocycles. The fourth-order valence-electron chi connectivity index (χ4n) is 2.01. The average Bonchev–Trinajstić information content (AvgIpc) is 2.45. The Hall–Kier alpha value is -2.43. The van der Waals surface area contributed by atoms with Gasteiger partial charge in [0.15, 0.2) is 0 Å². The number of pyridine rings is 1. The maximum Gasteiger partial charge on any atom is 0.340 e. The summed E-state index contributed by atoms with van der Waals surface area (Å²) < 4.78 is 13.6. The van der Waals surface area contributed by atoms with Crippen LogP contribution < -0.4 is 4.90 Å². The number of carbonyl (C=O) groups is 1. The number of aromatic carboxylic acids is 1. The molecule has 5 heteroatoms. The molecule has 0 aliphatic heterocycles. The fraction of sp³-hybridized carbons (Fsp3) is 0.200. The first-order valence-corrected chi connectivity index (χ1v) is 6.21. The van der Waals surface area contributed by atoms with Crippen molar-refractivity contribution in [3.05, 3.63) is 59.7 Å². The van der Waals surface area contributed by atoms with Crippen LogP contribution in [0.1, 0.15) is 15.9 Å². The van der Waals surface area contributed by atoms with E-state index >= 15 is 0 Å². The highest BCUT2D eigenvalue weighted by Crippen LogP contribution is 2.22. The average molecular weight is 274 g/mol. The van der Waals surface area contributed by atoms with Gasteiger partial charge in [0.05, 0.1) is 5.69 Å². The minimum Gasteiger partial charge on any atom is -0.478 e. The molecule has 0 saturated carbocycles. The summed E-state index contributed by atoms with van der Waals surface area (Å²) in [5, 5.41) is 9.11. The molecule has 1 heterocycles. The summed E-state index contributed by atoms with van der Waals surface area (Å²) >= 11 is 0. The Morgan fingerprint density at radius 3 is 2.65 bits per heavy atom. The first kappa shape index (κ1) is 14.0. The summed E-state index contributed by atoms with van der Waals surface area (Å²) in [6, 6.07) is 8.08. The van der Waals surface area contributed by atoms with Crippen molar-refractivity contribution >= 4 is 11.7 Å². The molecule has 104 valence electrons. The molecule has 1 N–H and O–H groups in total. The number of aromatic nitrogens is 1.